The standard InChI is InChI=1S/C12H14ClN3O2S2/c1-15-20(17,18)11-4-2-8(6-10(11)14)16-7-9-3-5-12(13)19-9/h2-6,15-16H,7,14H2,1H3. The van der Waals surface area contributed by atoms with E-state index in [0.29, 0.717) is 6.54 Å². The molecule has 0 aliphatic rings. The van der Waals surface area contributed by atoms with Crippen LogP contribution in [0.4, 0.5) is 11.4 Å². The first-order valence-electron chi connectivity index (χ1n) is 5.73. The lowest BCUT2D eigenvalue weighted by Crippen LogP contribution is -2.19. The summed E-state index contributed by atoms with van der Waals surface area (Å²) >= 11 is 7.34. The van der Waals surface area contributed by atoms with Gasteiger partial charge in [-0.3, -0.25) is 0 Å². The van der Waals surface area contributed by atoms with E-state index in [2.05, 4.69) is 10.0 Å². The van der Waals surface area contributed by atoms with Gasteiger partial charge in [-0.1, -0.05) is 11.6 Å². The average Bonchev–Trinajstić information content (AvgIpc) is 2.82. The molecule has 2 rings (SSSR count). The van der Waals surface area contributed by atoms with Crippen LogP contribution < -0.4 is 15.8 Å². The quantitative estimate of drug-likeness (QED) is 0.735. The van der Waals surface area contributed by atoms with Gasteiger partial charge < -0.3 is 11.1 Å². The molecule has 1 heterocycles. The number of nitrogens with two attached hydrogens (primary N) is 1. The zero-order valence-corrected chi connectivity index (χ0v) is 13.1. The molecule has 0 unspecified atom stereocenters. The molecule has 0 aliphatic heterocycles. The van der Waals surface area contributed by atoms with Gasteiger partial charge in [-0.15, -0.1) is 11.3 Å². The Balaban J connectivity index is 2.13. The minimum atomic E-state index is -3.53. The molecular formula is C12H14ClN3O2S2. The molecule has 0 bridgehead atoms. The molecule has 0 saturated heterocycles. The van der Waals surface area contributed by atoms with E-state index in [9.17, 15) is 8.42 Å². The lowest BCUT2D eigenvalue weighted by molar-refractivity contribution is 0.588. The fourth-order valence-corrected chi connectivity index (χ4v) is 3.51. The molecule has 0 fully saturated rings. The van der Waals surface area contributed by atoms with Crippen LogP contribution in [0.5, 0.6) is 0 Å². The van der Waals surface area contributed by atoms with Gasteiger partial charge in [-0.25, -0.2) is 13.1 Å². The van der Waals surface area contributed by atoms with Gasteiger partial charge in [0.25, 0.3) is 0 Å². The highest BCUT2D eigenvalue weighted by Crippen LogP contribution is 2.25. The van der Waals surface area contributed by atoms with Gasteiger partial charge in [0.05, 0.1) is 10.0 Å². The van der Waals surface area contributed by atoms with E-state index in [1.165, 1.54) is 24.5 Å². The van der Waals surface area contributed by atoms with Crippen LogP contribution in [-0.2, 0) is 16.6 Å². The average molecular weight is 332 g/mol. The number of anilines is 2. The van der Waals surface area contributed by atoms with Crippen molar-refractivity contribution in [2.45, 2.75) is 11.4 Å². The van der Waals surface area contributed by atoms with Crippen LogP contribution in [0.25, 0.3) is 0 Å². The van der Waals surface area contributed by atoms with Crippen LogP contribution in [-0.4, -0.2) is 15.5 Å². The van der Waals surface area contributed by atoms with Crippen LogP contribution in [0.3, 0.4) is 0 Å². The second kappa shape index (κ2) is 6.01. The number of thiophene rings is 1. The Morgan fingerprint density at radius 1 is 1.30 bits per heavy atom. The second-order valence-corrected chi connectivity index (χ2v) is 7.67. The summed E-state index contributed by atoms with van der Waals surface area (Å²) in [5.74, 6) is 0. The fraction of sp³-hybridized carbons (Fsp3) is 0.167. The smallest absolute Gasteiger partial charge is 0.242 e. The number of nitrogens with one attached hydrogen (secondary N) is 2. The van der Waals surface area contributed by atoms with Crippen molar-refractivity contribution in [1.29, 1.82) is 0 Å². The molecule has 1 aromatic heterocycles. The van der Waals surface area contributed by atoms with Gasteiger partial charge in [0.2, 0.25) is 10.0 Å². The first-order chi connectivity index (χ1) is 9.42. The van der Waals surface area contributed by atoms with Crippen LogP contribution in [0.2, 0.25) is 4.34 Å². The molecule has 0 spiro atoms. The lowest BCUT2D eigenvalue weighted by atomic mass is 10.3. The first kappa shape index (κ1) is 15.1. The van der Waals surface area contributed by atoms with E-state index in [1.807, 2.05) is 12.1 Å². The molecule has 0 atom stereocenters. The van der Waals surface area contributed by atoms with Gasteiger partial charge >= 0.3 is 0 Å². The Morgan fingerprint density at radius 2 is 2.05 bits per heavy atom. The number of hydrogen-bond donors (Lipinski definition) is 3. The van der Waals surface area contributed by atoms with Crippen molar-refractivity contribution in [3.05, 3.63) is 39.5 Å². The van der Waals surface area contributed by atoms with Crippen LogP contribution in [0, 0.1) is 0 Å². The number of halogens is 1. The molecule has 2 aromatic rings. The van der Waals surface area contributed by atoms with E-state index in [1.54, 1.807) is 12.1 Å². The Hall–Kier alpha value is -1.28. The molecule has 0 aliphatic carbocycles. The predicted molar refractivity (Wildman–Crippen MR) is 83.8 cm³/mol. The minimum absolute atomic E-state index is 0.0738. The molecule has 1 aromatic carbocycles. The number of nitrogen functional groups attached to an aromatic ring is 1. The van der Waals surface area contributed by atoms with Gasteiger partial charge in [-0.05, 0) is 37.4 Å². The third-order valence-electron chi connectivity index (χ3n) is 2.66. The summed E-state index contributed by atoms with van der Waals surface area (Å²) < 4.78 is 26.4. The van der Waals surface area contributed by atoms with E-state index in [0.717, 1.165) is 14.9 Å². The summed E-state index contributed by atoms with van der Waals surface area (Å²) in [5, 5.41) is 3.17. The van der Waals surface area contributed by atoms with E-state index < -0.39 is 10.0 Å². The minimum Gasteiger partial charge on any atom is -0.398 e. The summed E-state index contributed by atoms with van der Waals surface area (Å²) in [6, 6.07) is 8.52. The highest BCUT2D eigenvalue weighted by atomic mass is 35.5. The Labute approximate surface area is 126 Å². The van der Waals surface area contributed by atoms with Gasteiger partial charge in [-0.2, -0.15) is 0 Å². The summed E-state index contributed by atoms with van der Waals surface area (Å²) in [6.07, 6.45) is 0. The molecule has 0 amide bonds. The van der Waals surface area contributed by atoms with Crippen molar-refractivity contribution in [1.82, 2.24) is 4.72 Å². The van der Waals surface area contributed by atoms with Gasteiger partial charge in [0, 0.05) is 17.1 Å². The summed E-state index contributed by atoms with van der Waals surface area (Å²) in [6.45, 7) is 0.606. The zero-order valence-electron chi connectivity index (χ0n) is 10.7. The van der Waals surface area contributed by atoms with Crippen molar-refractivity contribution in [2.75, 3.05) is 18.1 Å². The molecule has 4 N–H and O–H groups in total. The fourth-order valence-electron chi connectivity index (χ4n) is 1.65. The summed E-state index contributed by atoms with van der Waals surface area (Å²) in [4.78, 5) is 1.16. The van der Waals surface area contributed by atoms with E-state index >= 15 is 0 Å². The summed E-state index contributed by atoms with van der Waals surface area (Å²) in [7, 11) is -2.18. The largest absolute Gasteiger partial charge is 0.398 e. The molecular weight excluding hydrogens is 318 g/mol. The summed E-state index contributed by atoms with van der Waals surface area (Å²) in [5.41, 5.74) is 6.73. The zero-order chi connectivity index (χ0) is 14.8. The number of sulfonamides is 1. The highest BCUT2D eigenvalue weighted by Gasteiger charge is 2.15. The van der Waals surface area contributed by atoms with E-state index in [-0.39, 0.29) is 10.6 Å². The second-order valence-electron chi connectivity index (χ2n) is 4.02. The molecule has 0 saturated carbocycles. The number of benzene rings is 1. The molecule has 108 valence electrons. The lowest BCUT2D eigenvalue weighted by Gasteiger charge is -2.10. The Bertz CT molecular complexity index is 713. The third-order valence-corrected chi connectivity index (χ3v) is 5.38. The van der Waals surface area contributed by atoms with Crippen molar-refractivity contribution in [3.8, 4) is 0 Å². The maximum atomic E-state index is 11.7. The van der Waals surface area contributed by atoms with Crippen LogP contribution in [0.1, 0.15) is 4.88 Å². The number of hydrogen-bond acceptors (Lipinski definition) is 5. The monoisotopic (exact) mass is 331 g/mol. The van der Waals surface area contributed by atoms with Crippen LogP contribution >= 0.6 is 22.9 Å². The van der Waals surface area contributed by atoms with Crippen molar-refractivity contribution in [2.24, 2.45) is 0 Å². The van der Waals surface area contributed by atoms with Gasteiger partial charge in [0.1, 0.15) is 4.90 Å². The highest BCUT2D eigenvalue weighted by molar-refractivity contribution is 7.89. The van der Waals surface area contributed by atoms with E-state index in [4.69, 9.17) is 17.3 Å². The van der Waals surface area contributed by atoms with Crippen LogP contribution in [0.15, 0.2) is 35.2 Å². The number of rotatable bonds is 5. The first-order valence-corrected chi connectivity index (χ1v) is 8.41. The maximum absolute atomic E-state index is 11.7. The molecule has 8 heteroatoms. The predicted octanol–water partition coefficient (Wildman–Crippen LogP) is 2.50. The SMILES string of the molecule is CNS(=O)(=O)c1ccc(NCc2ccc(Cl)s2)cc1N. The third kappa shape index (κ3) is 3.43. The van der Waals surface area contributed by atoms with Crippen molar-refractivity contribution >= 4 is 44.3 Å². The normalized spacial score (nSPS) is 11.5. The van der Waals surface area contributed by atoms with Gasteiger partial charge in [0.15, 0.2) is 0 Å². The van der Waals surface area contributed by atoms with Crippen molar-refractivity contribution in [3.63, 3.8) is 0 Å². The van der Waals surface area contributed by atoms with Crippen molar-refractivity contribution < 1.29 is 8.42 Å². The Kier molecular flexibility index (Phi) is 4.54. The Morgan fingerprint density at radius 3 is 2.60 bits per heavy atom. The molecule has 5 nitrogen and oxygen atoms in total. The molecule has 20 heavy (non-hydrogen) atoms. The maximum Gasteiger partial charge on any atom is 0.242 e. The topological polar surface area (TPSA) is 84.2 Å². The molecule has 0 radical (unpaired) electrons.